The summed E-state index contributed by atoms with van der Waals surface area (Å²) in [6, 6.07) is 0. The van der Waals surface area contributed by atoms with E-state index in [1.54, 1.807) is 10.9 Å². The minimum absolute atomic E-state index is 0.0468. The van der Waals surface area contributed by atoms with Crippen molar-refractivity contribution in [3.05, 3.63) is 17.5 Å². The van der Waals surface area contributed by atoms with Crippen molar-refractivity contribution in [2.45, 2.75) is 38.0 Å². The molecule has 1 aliphatic carbocycles. The number of rotatable bonds is 4. The van der Waals surface area contributed by atoms with Gasteiger partial charge in [0.25, 0.3) is 0 Å². The van der Waals surface area contributed by atoms with Gasteiger partial charge in [0.1, 0.15) is 0 Å². The standard InChI is InChI=1S/C14H17N3O3/c1-17-13(8-2-3-8)10(7-15-17)11(18)6-9-4-5-12(19)16-14(9)20/h7-9H,2-6H2,1H3,(H,16,19,20). The Bertz CT molecular complexity index is 586. The molecule has 0 radical (unpaired) electrons. The zero-order valence-electron chi connectivity index (χ0n) is 11.4. The fourth-order valence-electron chi connectivity index (χ4n) is 2.77. The van der Waals surface area contributed by atoms with Crippen molar-refractivity contribution in [1.29, 1.82) is 0 Å². The number of ketones is 1. The Hall–Kier alpha value is -1.98. The summed E-state index contributed by atoms with van der Waals surface area (Å²) in [5, 5.41) is 6.45. The number of Topliss-reactive ketones (excluding diaryl/α,β-unsaturated/α-hetero) is 1. The molecule has 1 N–H and O–H groups in total. The van der Waals surface area contributed by atoms with Gasteiger partial charge in [-0.15, -0.1) is 0 Å². The number of carbonyl (C=O) groups excluding carboxylic acids is 3. The zero-order chi connectivity index (χ0) is 14.3. The number of carbonyl (C=O) groups is 3. The van der Waals surface area contributed by atoms with Crippen LogP contribution >= 0.6 is 0 Å². The molecule has 6 nitrogen and oxygen atoms in total. The maximum Gasteiger partial charge on any atom is 0.230 e. The van der Waals surface area contributed by atoms with Crippen LogP contribution in [0.2, 0.25) is 0 Å². The molecular weight excluding hydrogens is 258 g/mol. The van der Waals surface area contributed by atoms with E-state index in [0.717, 1.165) is 18.5 Å². The van der Waals surface area contributed by atoms with E-state index in [2.05, 4.69) is 10.4 Å². The number of aromatic nitrogens is 2. The largest absolute Gasteiger partial charge is 0.296 e. The van der Waals surface area contributed by atoms with Gasteiger partial charge >= 0.3 is 0 Å². The van der Waals surface area contributed by atoms with Crippen molar-refractivity contribution in [2.75, 3.05) is 0 Å². The first kappa shape index (κ1) is 13.0. The van der Waals surface area contributed by atoms with E-state index in [0.29, 0.717) is 24.3 Å². The summed E-state index contributed by atoms with van der Waals surface area (Å²) < 4.78 is 1.76. The lowest BCUT2D eigenvalue weighted by Crippen LogP contribution is -2.41. The molecule has 0 spiro atoms. The van der Waals surface area contributed by atoms with Gasteiger partial charge in [0.05, 0.1) is 17.5 Å². The van der Waals surface area contributed by atoms with Gasteiger partial charge in [-0.3, -0.25) is 24.4 Å². The maximum absolute atomic E-state index is 12.4. The Morgan fingerprint density at radius 3 is 2.80 bits per heavy atom. The van der Waals surface area contributed by atoms with E-state index < -0.39 is 5.92 Å². The van der Waals surface area contributed by atoms with Gasteiger partial charge in [-0.1, -0.05) is 0 Å². The summed E-state index contributed by atoms with van der Waals surface area (Å²) in [6.45, 7) is 0. The van der Waals surface area contributed by atoms with Crippen LogP contribution in [0.15, 0.2) is 6.20 Å². The third kappa shape index (κ3) is 2.37. The molecule has 106 valence electrons. The van der Waals surface area contributed by atoms with Crippen molar-refractivity contribution in [3.8, 4) is 0 Å². The smallest absolute Gasteiger partial charge is 0.230 e. The van der Waals surface area contributed by atoms with Crippen molar-refractivity contribution >= 4 is 17.6 Å². The summed E-state index contributed by atoms with van der Waals surface area (Å²) in [6.07, 6.45) is 4.71. The predicted molar refractivity (Wildman–Crippen MR) is 70.0 cm³/mol. The van der Waals surface area contributed by atoms with Crippen molar-refractivity contribution in [3.63, 3.8) is 0 Å². The number of aryl methyl sites for hydroxylation is 1. The number of nitrogens with zero attached hydrogens (tertiary/aromatic N) is 2. The first-order valence-electron chi connectivity index (χ1n) is 6.95. The molecule has 2 heterocycles. The lowest BCUT2D eigenvalue weighted by Gasteiger charge is -2.19. The summed E-state index contributed by atoms with van der Waals surface area (Å²) in [5.41, 5.74) is 1.63. The second-order valence-corrected chi connectivity index (χ2v) is 5.62. The van der Waals surface area contributed by atoms with Gasteiger partial charge in [-0.05, 0) is 19.3 Å². The van der Waals surface area contributed by atoms with Crippen LogP contribution < -0.4 is 5.32 Å². The van der Waals surface area contributed by atoms with Crippen molar-refractivity contribution in [1.82, 2.24) is 15.1 Å². The highest BCUT2D eigenvalue weighted by atomic mass is 16.2. The molecule has 1 unspecified atom stereocenters. The Morgan fingerprint density at radius 1 is 1.40 bits per heavy atom. The summed E-state index contributed by atoms with van der Waals surface area (Å²) in [5.74, 6) is -0.588. The summed E-state index contributed by atoms with van der Waals surface area (Å²) in [4.78, 5) is 35.2. The number of imide groups is 1. The van der Waals surface area contributed by atoms with E-state index >= 15 is 0 Å². The van der Waals surface area contributed by atoms with Crippen LogP contribution in [0.1, 0.15) is 54.1 Å². The Balaban J connectivity index is 1.73. The molecule has 6 heteroatoms. The van der Waals surface area contributed by atoms with Crippen LogP contribution in [0.25, 0.3) is 0 Å². The van der Waals surface area contributed by atoms with Crippen molar-refractivity contribution < 1.29 is 14.4 Å². The Kier molecular flexibility index (Phi) is 3.16. The van der Waals surface area contributed by atoms with E-state index in [1.165, 1.54) is 0 Å². The molecule has 20 heavy (non-hydrogen) atoms. The average molecular weight is 275 g/mol. The molecule has 1 atom stereocenters. The fourth-order valence-corrected chi connectivity index (χ4v) is 2.77. The molecule has 1 aromatic rings. The molecule has 3 rings (SSSR count). The van der Waals surface area contributed by atoms with Gasteiger partial charge in [0.15, 0.2) is 5.78 Å². The highest BCUT2D eigenvalue weighted by molar-refractivity contribution is 6.03. The molecular formula is C14H17N3O3. The second-order valence-electron chi connectivity index (χ2n) is 5.62. The van der Waals surface area contributed by atoms with Crippen molar-refractivity contribution in [2.24, 2.45) is 13.0 Å². The number of hydrogen-bond donors (Lipinski definition) is 1. The highest BCUT2D eigenvalue weighted by Gasteiger charge is 2.34. The summed E-state index contributed by atoms with van der Waals surface area (Å²) in [7, 11) is 1.84. The molecule has 1 saturated carbocycles. The lowest BCUT2D eigenvalue weighted by molar-refractivity contribution is -0.136. The van der Waals surface area contributed by atoms with Crippen LogP contribution in [0.5, 0.6) is 0 Å². The van der Waals surface area contributed by atoms with Gasteiger partial charge in [0, 0.05) is 31.7 Å². The molecule has 1 saturated heterocycles. The molecule has 0 bridgehead atoms. The minimum Gasteiger partial charge on any atom is -0.296 e. The normalized spacial score (nSPS) is 22.8. The summed E-state index contributed by atoms with van der Waals surface area (Å²) >= 11 is 0. The van der Waals surface area contributed by atoms with Gasteiger partial charge in [-0.2, -0.15) is 5.10 Å². The maximum atomic E-state index is 12.4. The first-order chi connectivity index (χ1) is 9.56. The highest BCUT2D eigenvalue weighted by Crippen LogP contribution is 2.41. The third-order valence-corrected chi connectivity index (χ3v) is 4.03. The number of piperidine rings is 1. The first-order valence-corrected chi connectivity index (χ1v) is 6.95. The van der Waals surface area contributed by atoms with E-state index in [9.17, 15) is 14.4 Å². The number of hydrogen-bond acceptors (Lipinski definition) is 4. The molecule has 1 aromatic heterocycles. The Labute approximate surface area is 116 Å². The van der Waals surface area contributed by atoms with E-state index in [4.69, 9.17) is 0 Å². The molecule has 2 fully saturated rings. The van der Waals surface area contributed by atoms with Crippen LogP contribution in [-0.2, 0) is 16.6 Å². The number of amides is 2. The third-order valence-electron chi connectivity index (χ3n) is 4.03. The fraction of sp³-hybridized carbons (Fsp3) is 0.571. The lowest BCUT2D eigenvalue weighted by atomic mass is 9.90. The molecule has 2 amide bonds. The topological polar surface area (TPSA) is 81.1 Å². The zero-order valence-corrected chi connectivity index (χ0v) is 11.4. The van der Waals surface area contributed by atoms with Crippen LogP contribution in [0.3, 0.4) is 0 Å². The molecule has 1 aliphatic heterocycles. The molecule has 0 aromatic carbocycles. The van der Waals surface area contributed by atoms with Gasteiger partial charge in [0.2, 0.25) is 11.8 Å². The number of nitrogens with one attached hydrogen (secondary N) is 1. The van der Waals surface area contributed by atoms with Gasteiger partial charge < -0.3 is 0 Å². The van der Waals surface area contributed by atoms with Gasteiger partial charge in [-0.25, -0.2) is 0 Å². The minimum atomic E-state index is -0.396. The van der Waals surface area contributed by atoms with Crippen LogP contribution in [0, 0.1) is 5.92 Å². The quantitative estimate of drug-likeness (QED) is 0.654. The van der Waals surface area contributed by atoms with Crippen LogP contribution in [0.4, 0.5) is 0 Å². The van der Waals surface area contributed by atoms with Crippen LogP contribution in [-0.4, -0.2) is 27.4 Å². The SMILES string of the molecule is Cn1ncc(C(=O)CC2CCC(=O)NC2=O)c1C1CC1. The second kappa shape index (κ2) is 4.85. The Morgan fingerprint density at radius 2 is 2.15 bits per heavy atom. The predicted octanol–water partition coefficient (Wildman–Crippen LogP) is 0.923. The average Bonchev–Trinajstić information content (AvgIpc) is 3.16. The monoisotopic (exact) mass is 275 g/mol. The van der Waals surface area contributed by atoms with E-state index in [1.807, 2.05) is 7.05 Å². The van der Waals surface area contributed by atoms with E-state index in [-0.39, 0.29) is 24.0 Å². The molecule has 2 aliphatic rings.